The number of carbonyl (C=O) groups is 2. The molecule has 0 spiro atoms. The molecule has 36 heavy (non-hydrogen) atoms. The van der Waals surface area contributed by atoms with Gasteiger partial charge >= 0.3 is 11.9 Å². The van der Waals surface area contributed by atoms with Crippen LogP contribution in [0.4, 0.5) is 5.69 Å². The van der Waals surface area contributed by atoms with Gasteiger partial charge in [0, 0.05) is 17.3 Å². The number of nitrogens with one attached hydrogen (secondary N) is 1. The molecule has 0 saturated carbocycles. The number of benzene rings is 3. The van der Waals surface area contributed by atoms with Crippen molar-refractivity contribution in [3.63, 3.8) is 0 Å². The van der Waals surface area contributed by atoms with Crippen LogP contribution < -0.4 is 24.8 Å². The van der Waals surface area contributed by atoms with Gasteiger partial charge in [-0.05, 0) is 48.9 Å². The first-order chi connectivity index (χ1) is 17.4. The van der Waals surface area contributed by atoms with E-state index in [0.29, 0.717) is 28.5 Å². The highest BCUT2D eigenvalue weighted by molar-refractivity contribution is 6.38. The van der Waals surface area contributed by atoms with Gasteiger partial charge in [0.25, 0.3) is 0 Å². The second-order valence-corrected chi connectivity index (χ2v) is 8.03. The van der Waals surface area contributed by atoms with Gasteiger partial charge in [0.1, 0.15) is 24.8 Å². The lowest BCUT2D eigenvalue weighted by Gasteiger charge is -2.28. The Bertz CT molecular complexity index is 1230. The maximum absolute atomic E-state index is 12.9. The van der Waals surface area contributed by atoms with E-state index >= 15 is 0 Å². The first-order valence-corrected chi connectivity index (χ1v) is 11.5. The van der Waals surface area contributed by atoms with Gasteiger partial charge in [-0.25, -0.2) is 4.79 Å². The standard InChI is InChI=1S/C27H27N3O6/c1-2-33-27(32)26(31)30(15-18-6-4-3-5-7-18)20-10-13-23-24(14-20)36-22(17-35-23)16-34-21-11-8-19(9-12-21)25(28)29/h3-14,22H,2,15-17H2,1H3,(H3,28,29). The van der Waals surface area contributed by atoms with Crippen LogP contribution in [0.5, 0.6) is 17.2 Å². The van der Waals surface area contributed by atoms with E-state index in [4.69, 9.17) is 30.1 Å². The zero-order valence-electron chi connectivity index (χ0n) is 19.8. The van der Waals surface area contributed by atoms with E-state index in [2.05, 4.69) is 0 Å². The fraction of sp³-hybridized carbons (Fsp3) is 0.222. The number of hydrogen-bond acceptors (Lipinski definition) is 7. The van der Waals surface area contributed by atoms with Crippen LogP contribution in [0, 0.1) is 5.41 Å². The molecule has 0 aromatic heterocycles. The quantitative estimate of drug-likeness (QED) is 0.215. The molecule has 3 N–H and O–H groups in total. The Morgan fingerprint density at radius 3 is 2.50 bits per heavy atom. The third-order valence-electron chi connectivity index (χ3n) is 5.44. The molecule has 4 rings (SSSR count). The lowest BCUT2D eigenvalue weighted by molar-refractivity contribution is -0.153. The third-order valence-corrected chi connectivity index (χ3v) is 5.44. The summed E-state index contributed by atoms with van der Waals surface area (Å²) in [5.41, 5.74) is 7.42. The molecule has 0 saturated heterocycles. The van der Waals surface area contributed by atoms with Crippen LogP contribution in [0.1, 0.15) is 18.1 Å². The molecule has 9 nitrogen and oxygen atoms in total. The van der Waals surface area contributed by atoms with E-state index < -0.39 is 18.0 Å². The number of nitrogens with zero attached hydrogens (tertiary/aromatic N) is 1. The van der Waals surface area contributed by atoms with Crippen LogP contribution >= 0.6 is 0 Å². The molecule has 0 fully saturated rings. The van der Waals surface area contributed by atoms with Gasteiger partial charge < -0.3 is 24.7 Å². The van der Waals surface area contributed by atoms with Crippen molar-refractivity contribution in [2.75, 3.05) is 24.7 Å². The number of carbonyl (C=O) groups excluding carboxylic acids is 2. The summed E-state index contributed by atoms with van der Waals surface area (Å²) in [5, 5.41) is 7.47. The Labute approximate surface area is 208 Å². The topological polar surface area (TPSA) is 124 Å². The first kappa shape index (κ1) is 24.6. The Balaban J connectivity index is 1.49. The van der Waals surface area contributed by atoms with E-state index in [0.717, 1.165) is 5.56 Å². The van der Waals surface area contributed by atoms with Crippen molar-refractivity contribution >= 4 is 23.4 Å². The van der Waals surface area contributed by atoms with Gasteiger partial charge in [0.2, 0.25) is 0 Å². The largest absolute Gasteiger partial charge is 0.490 e. The van der Waals surface area contributed by atoms with Crippen molar-refractivity contribution in [1.82, 2.24) is 0 Å². The van der Waals surface area contributed by atoms with Crippen molar-refractivity contribution in [2.45, 2.75) is 19.6 Å². The molecular formula is C27H27N3O6. The van der Waals surface area contributed by atoms with E-state index in [1.54, 1.807) is 49.4 Å². The lowest BCUT2D eigenvalue weighted by atomic mass is 10.1. The van der Waals surface area contributed by atoms with Gasteiger partial charge in [0.05, 0.1) is 13.2 Å². The number of nitrogen functional groups attached to an aromatic ring is 1. The fourth-order valence-corrected chi connectivity index (χ4v) is 3.62. The Kier molecular flexibility index (Phi) is 7.69. The number of hydrogen-bond donors (Lipinski definition) is 2. The van der Waals surface area contributed by atoms with Gasteiger partial charge in [-0.15, -0.1) is 0 Å². The van der Waals surface area contributed by atoms with Crippen LogP contribution in [-0.4, -0.2) is 43.6 Å². The number of amidine groups is 1. The first-order valence-electron chi connectivity index (χ1n) is 11.5. The molecule has 1 heterocycles. The van der Waals surface area contributed by atoms with E-state index in [1.807, 2.05) is 30.3 Å². The molecule has 0 radical (unpaired) electrons. The van der Waals surface area contributed by atoms with Crippen LogP contribution in [0.2, 0.25) is 0 Å². The number of amides is 1. The summed E-state index contributed by atoms with van der Waals surface area (Å²) in [4.78, 5) is 26.6. The number of ether oxygens (including phenoxy) is 4. The monoisotopic (exact) mass is 489 g/mol. The SMILES string of the molecule is CCOC(=O)C(=O)N(Cc1ccccc1)c1ccc2c(c1)OC(COc1ccc(C(=N)N)cc1)CO2. The number of anilines is 1. The molecule has 1 atom stereocenters. The molecule has 1 amide bonds. The molecule has 1 aliphatic rings. The zero-order chi connectivity index (χ0) is 25.5. The second-order valence-electron chi connectivity index (χ2n) is 8.03. The molecular weight excluding hydrogens is 462 g/mol. The molecule has 3 aromatic carbocycles. The van der Waals surface area contributed by atoms with Crippen molar-refractivity contribution in [3.05, 3.63) is 83.9 Å². The molecule has 186 valence electrons. The minimum Gasteiger partial charge on any atom is -0.490 e. The average Bonchev–Trinajstić information content (AvgIpc) is 2.90. The maximum atomic E-state index is 12.9. The van der Waals surface area contributed by atoms with E-state index in [1.165, 1.54) is 4.90 Å². The van der Waals surface area contributed by atoms with Gasteiger partial charge in [0.15, 0.2) is 17.6 Å². The van der Waals surface area contributed by atoms with Gasteiger partial charge in [-0.1, -0.05) is 30.3 Å². The predicted octanol–water partition coefficient (Wildman–Crippen LogP) is 3.29. The number of esters is 1. The van der Waals surface area contributed by atoms with Crippen LogP contribution in [0.25, 0.3) is 0 Å². The van der Waals surface area contributed by atoms with Crippen LogP contribution in [0.15, 0.2) is 72.8 Å². The van der Waals surface area contributed by atoms with Crippen molar-refractivity contribution in [3.8, 4) is 17.2 Å². The lowest BCUT2D eigenvalue weighted by Crippen LogP contribution is -2.38. The molecule has 1 aliphatic heterocycles. The molecule has 0 aliphatic carbocycles. The third kappa shape index (κ3) is 5.93. The van der Waals surface area contributed by atoms with Gasteiger partial charge in [-0.2, -0.15) is 0 Å². The highest BCUT2D eigenvalue weighted by Crippen LogP contribution is 2.36. The number of rotatable bonds is 8. The molecule has 0 bridgehead atoms. The fourth-order valence-electron chi connectivity index (χ4n) is 3.62. The Morgan fingerprint density at radius 2 is 1.81 bits per heavy atom. The summed E-state index contributed by atoms with van der Waals surface area (Å²) >= 11 is 0. The van der Waals surface area contributed by atoms with E-state index in [-0.39, 0.29) is 32.2 Å². The average molecular weight is 490 g/mol. The highest BCUT2D eigenvalue weighted by Gasteiger charge is 2.28. The predicted molar refractivity (Wildman–Crippen MR) is 134 cm³/mol. The molecule has 3 aromatic rings. The number of fused-ring (bicyclic) bond motifs is 1. The highest BCUT2D eigenvalue weighted by atomic mass is 16.6. The number of nitrogens with two attached hydrogens (primary N) is 1. The summed E-state index contributed by atoms with van der Waals surface area (Å²) in [6.45, 7) is 2.44. The van der Waals surface area contributed by atoms with Crippen molar-refractivity contribution in [1.29, 1.82) is 5.41 Å². The van der Waals surface area contributed by atoms with Crippen LogP contribution in [-0.2, 0) is 20.9 Å². The minimum atomic E-state index is -0.926. The van der Waals surface area contributed by atoms with Crippen LogP contribution in [0.3, 0.4) is 0 Å². The molecule has 1 unspecified atom stereocenters. The second kappa shape index (κ2) is 11.3. The summed E-state index contributed by atoms with van der Waals surface area (Å²) in [5.74, 6) is -0.132. The summed E-state index contributed by atoms with van der Waals surface area (Å²) in [6.07, 6.45) is -0.399. The smallest absolute Gasteiger partial charge is 0.397 e. The maximum Gasteiger partial charge on any atom is 0.397 e. The summed E-state index contributed by atoms with van der Waals surface area (Å²) < 4.78 is 22.7. The van der Waals surface area contributed by atoms with E-state index in [9.17, 15) is 9.59 Å². The minimum absolute atomic E-state index is 0.0132. The Hall–Kier alpha value is -4.53. The van der Waals surface area contributed by atoms with Crippen molar-refractivity contribution in [2.24, 2.45) is 5.73 Å². The molecule has 9 heteroatoms. The normalized spacial score (nSPS) is 14.0. The van der Waals surface area contributed by atoms with Crippen molar-refractivity contribution < 1.29 is 28.5 Å². The zero-order valence-corrected chi connectivity index (χ0v) is 19.8. The van der Waals surface area contributed by atoms with Gasteiger partial charge in [-0.3, -0.25) is 15.1 Å². The summed E-state index contributed by atoms with van der Waals surface area (Å²) in [6, 6.07) is 21.3. The summed E-state index contributed by atoms with van der Waals surface area (Å²) in [7, 11) is 0. The Morgan fingerprint density at radius 1 is 1.06 bits per heavy atom.